The summed E-state index contributed by atoms with van der Waals surface area (Å²) in [5.41, 5.74) is 1.10. The molecule has 2 amide bonds. The topological polar surface area (TPSA) is 58.6 Å². The number of carbonyl (C=O) groups excluding carboxylic acids is 2. The lowest BCUT2D eigenvalue weighted by Gasteiger charge is -2.29. The zero-order chi connectivity index (χ0) is 22.1. The summed E-state index contributed by atoms with van der Waals surface area (Å²) in [6.45, 7) is 6.58. The van der Waals surface area contributed by atoms with Gasteiger partial charge in [0.15, 0.2) is 6.61 Å². The van der Waals surface area contributed by atoms with E-state index in [0.29, 0.717) is 36.2 Å². The molecule has 7 heteroatoms. The Labute approximate surface area is 191 Å². The van der Waals surface area contributed by atoms with E-state index in [4.69, 9.17) is 16.3 Å². The van der Waals surface area contributed by atoms with E-state index in [1.807, 2.05) is 44.2 Å². The second-order valence-electron chi connectivity index (χ2n) is 7.50. The molecular weight excluding hydrogens is 468 g/mol. The summed E-state index contributed by atoms with van der Waals surface area (Å²) in [7, 11) is 0. The highest BCUT2D eigenvalue weighted by Crippen LogP contribution is 2.27. The zero-order valence-electron chi connectivity index (χ0n) is 17.5. The molecule has 2 aromatic rings. The molecule has 5 nitrogen and oxygen atoms in total. The lowest BCUT2D eigenvalue weighted by Crippen LogP contribution is -2.50. The number of nitrogens with zero attached hydrogens (tertiary/aromatic N) is 1. The molecule has 162 valence electrons. The fraction of sp³-hybridized carbons (Fsp3) is 0.391. The van der Waals surface area contributed by atoms with E-state index >= 15 is 0 Å². The fourth-order valence-corrected chi connectivity index (χ4v) is 3.57. The van der Waals surface area contributed by atoms with Crippen LogP contribution >= 0.6 is 27.5 Å². The molecule has 30 heavy (non-hydrogen) atoms. The van der Waals surface area contributed by atoms with E-state index < -0.39 is 6.04 Å². The van der Waals surface area contributed by atoms with Gasteiger partial charge in [0, 0.05) is 17.6 Å². The van der Waals surface area contributed by atoms with Gasteiger partial charge in [-0.25, -0.2) is 0 Å². The van der Waals surface area contributed by atoms with E-state index in [-0.39, 0.29) is 18.4 Å². The minimum atomic E-state index is -0.607. The predicted octanol–water partition coefficient (Wildman–Crippen LogP) is 4.71. The summed E-state index contributed by atoms with van der Waals surface area (Å²) in [6.07, 6.45) is 0.646. The molecule has 0 unspecified atom stereocenters. The molecular formula is C23H28BrClN2O3. The first-order chi connectivity index (χ1) is 14.3. The van der Waals surface area contributed by atoms with Crippen molar-refractivity contribution in [3.05, 3.63) is 63.6 Å². The van der Waals surface area contributed by atoms with Crippen LogP contribution in [-0.4, -0.2) is 42.5 Å². The van der Waals surface area contributed by atoms with Gasteiger partial charge in [-0.05, 0) is 43.0 Å². The molecule has 0 aliphatic heterocycles. The van der Waals surface area contributed by atoms with Crippen molar-refractivity contribution in [1.82, 2.24) is 10.2 Å². The summed E-state index contributed by atoms with van der Waals surface area (Å²) in [5, 5.41) is 3.32. The second kappa shape index (κ2) is 12.0. The molecule has 1 N–H and O–H groups in total. The quantitative estimate of drug-likeness (QED) is 0.519. The normalized spacial score (nSPS) is 11.8. The average Bonchev–Trinajstić information content (AvgIpc) is 2.72. The highest BCUT2D eigenvalue weighted by molar-refractivity contribution is 9.10. The number of amides is 2. The van der Waals surface area contributed by atoms with Crippen LogP contribution in [0, 0.1) is 5.92 Å². The number of hydrogen-bond donors (Lipinski definition) is 1. The summed E-state index contributed by atoms with van der Waals surface area (Å²) < 4.78 is 6.46. The van der Waals surface area contributed by atoms with Gasteiger partial charge in [-0.3, -0.25) is 9.59 Å². The molecule has 0 spiro atoms. The number of hydrogen-bond acceptors (Lipinski definition) is 3. The Kier molecular flexibility index (Phi) is 9.66. The third-order valence-electron chi connectivity index (χ3n) is 4.58. The number of benzene rings is 2. The average molecular weight is 496 g/mol. The van der Waals surface area contributed by atoms with Crippen LogP contribution < -0.4 is 10.1 Å². The first-order valence-electron chi connectivity index (χ1n) is 9.97. The minimum absolute atomic E-state index is 0.174. The summed E-state index contributed by atoms with van der Waals surface area (Å²) in [4.78, 5) is 27.1. The Morgan fingerprint density at radius 3 is 2.47 bits per heavy atom. The largest absolute Gasteiger partial charge is 0.482 e. The number of ether oxygens (including phenoxy) is 1. The van der Waals surface area contributed by atoms with Gasteiger partial charge < -0.3 is 15.0 Å². The molecule has 0 radical (unpaired) electrons. The Bertz CT molecular complexity index is 846. The number of halogens is 2. The molecule has 0 saturated heterocycles. The molecule has 0 aromatic heterocycles. The highest BCUT2D eigenvalue weighted by atomic mass is 79.9. The van der Waals surface area contributed by atoms with Crippen molar-refractivity contribution in [3.63, 3.8) is 0 Å². The Hall–Kier alpha value is -2.05. The van der Waals surface area contributed by atoms with Gasteiger partial charge in [0.25, 0.3) is 5.91 Å². The molecule has 0 fully saturated rings. The summed E-state index contributed by atoms with van der Waals surface area (Å²) in [5.74, 6) is 0.314. The third-order valence-corrected chi connectivity index (χ3v) is 5.37. The highest BCUT2D eigenvalue weighted by Gasteiger charge is 2.26. The van der Waals surface area contributed by atoms with E-state index in [9.17, 15) is 9.59 Å². The standard InChI is InChI=1S/C23H28BrClN2O3/c1-16(2)14-26-23(29)17(3)27(12-11-18-7-5-4-6-8-18)22(28)15-30-21-10-9-19(24)13-20(21)25/h4-10,13,16-17H,11-12,14-15H2,1-3H3,(H,26,29)/t17-/m1/s1. The van der Waals surface area contributed by atoms with Crippen LogP contribution in [0.4, 0.5) is 0 Å². The lowest BCUT2D eigenvalue weighted by molar-refractivity contribution is -0.141. The van der Waals surface area contributed by atoms with Gasteiger partial charge in [0.05, 0.1) is 5.02 Å². The van der Waals surface area contributed by atoms with Gasteiger partial charge in [0.1, 0.15) is 11.8 Å². The van der Waals surface area contributed by atoms with Gasteiger partial charge in [0.2, 0.25) is 5.91 Å². The molecule has 0 aliphatic rings. The maximum Gasteiger partial charge on any atom is 0.261 e. The van der Waals surface area contributed by atoms with Crippen molar-refractivity contribution < 1.29 is 14.3 Å². The van der Waals surface area contributed by atoms with Crippen LogP contribution in [0.25, 0.3) is 0 Å². The van der Waals surface area contributed by atoms with E-state index in [0.717, 1.165) is 10.0 Å². The van der Waals surface area contributed by atoms with Gasteiger partial charge >= 0.3 is 0 Å². The summed E-state index contributed by atoms with van der Waals surface area (Å²) >= 11 is 9.52. The van der Waals surface area contributed by atoms with Gasteiger partial charge in [-0.15, -0.1) is 0 Å². The molecule has 0 aliphatic carbocycles. The number of carbonyl (C=O) groups is 2. The van der Waals surface area contributed by atoms with Crippen molar-refractivity contribution in [2.24, 2.45) is 5.92 Å². The van der Waals surface area contributed by atoms with Crippen LogP contribution in [0.3, 0.4) is 0 Å². The van der Waals surface area contributed by atoms with Gasteiger partial charge in [-0.2, -0.15) is 0 Å². The maximum atomic E-state index is 13.0. The van der Waals surface area contributed by atoms with E-state index in [2.05, 4.69) is 21.2 Å². The van der Waals surface area contributed by atoms with Gasteiger partial charge in [-0.1, -0.05) is 71.7 Å². The SMILES string of the molecule is CC(C)CNC(=O)[C@@H](C)N(CCc1ccccc1)C(=O)COc1ccc(Br)cc1Cl. The summed E-state index contributed by atoms with van der Waals surface area (Å²) in [6, 6.07) is 14.5. The molecule has 1 atom stereocenters. The fourth-order valence-electron chi connectivity index (χ4n) is 2.84. The van der Waals surface area contributed by atoms with E-state index in [1.165, 1.54) is 0 Å². The van der Waals surface area contributed by atoms with Crippen molar-refractivity contribution in [2.75, 3.05) is 19.7 Å². The van der Waals surface area contributed by atoms with E-state index in [1.54, 1.807) is 30.0 Å². The van der Waals surface area contributed by atoms with Crippen LogP contribution in [0.2, 0.25) is 5.02 Å². The first kappa shape index (κ1) is 24.2. The Morgan fingerprint density at radius 1 is 1.13 bits per heavy atom. The molecule has 0 heterocycles. The van der Waals surface area contributed by atoms with Crippen molar-refractivity contribution >= 4 is 39.3 Å². The first-order valence-corrected chi connectivity index (χ1v) is 11.1. The van der Waals surface area contributed by atoms with Crippen LogP contribution in [-0.2, 0) is 16.0 Å². The van der Waals surface area contributed by atoms with Crippen LogP contribution in [0.15, 0.2) is 53.0 Å². The Morgan fingerprint density at radius 2 is 1.83 bits per heavy atom. The molecule has 2 rings (SSSR count). The van der Waals surface area contributed by atoms with Crippen molar-refractivity contribution in [3.8, 4) is 5.75 Å². The number of nitrogens with one attached hydrogen (secondary N) is 1. The molecule has 0 saturated carbocycles. The molecule has 0 bridgehead atoms. The van der Waals surface area contributed by atoms with Crippen LogP contribution in [0.5, 0.6) is 5.75 Å². The zero-order valence-corrected chi connectivity index (χ0v) is 19.9. The van der Waals surface area contributed by atoms with Crippen molar-refractivity contribution in [1.29, 1.82) is 0 Å². The second-order valence-corrected chi connectivity index (χ2v) is 8.82. The Balaban J connectivity index is 2.07. The smallest absolute Gasteiger partial charge is 0.261 e. The lowest BCUT2D eigenvalue weighted by atomic mass is 10.1. The molecule has 2 aromatic carbocycles. The third kappa shape index (κ3) is 7.65. The maximum absolute atomic E-state index is 13.0. The monoisotopic (exact) mass is 494 g/mol. The number of rotatable bonds is 10. The minimum Gasteiger partial charge on any atom is -0.482 e. The van der Waals surface area contributed by atoms with Crippen LogP contribution in [0.1, 0.15) is 26.3 Å². The predicted molar refractivity (Wildman–Crippen MR) is 124 cm³/mol. The van der Waals surface area contributed by atoms with Crippen molar-refractivity contribution in [2.45, 2.75) is 33.2 Å².